The molecule has 8 heteroatoms. The molecule has 1 saturated heterocycles. The standard InChI is InChI=1S/C17H22N6O2/c1-12-5-6-14(25-2)16(19-12)21-17(24)23-10-7-13(8-11-23)20-15-4-3-9-18-22-15/h3-6,9,13H,7-8,10-11H2,1-2H3,(H,20,22)(H,19,21,24). The van der Waals surface area contributed by atoms with Gasteiger partial charge in [-0.25, -0.2) is 9.78 Å². The molecule has 1 aliphatic heterocycles. The highest BCUT2D eigenvalue weighted by molar-refractivity contribution is 5.89. The summed E-state index contributed by atoms with van der Waals surface area (Å²) in [4.78, 5) is 18.6. The molecule has 132 valence electrons. The Kier molecular flexibility index (Phi) is 5.27. The van der Waals surface area contributed by atoms with Gasteiger partial charge in [-0.1, -0.05) is 0 Å². The van der Waals surface area contributed by atoms with Crippen molar-refractivity contribution in [3.63, 3.8) is 0 Å². The van der Waals surface area contributed by atoms with Crippen LogP contribution in [-0.2, 0) is 0 Å². The summed E-state index contributed by atoms with van der Waals surface area (Å²) in [5.74, 6) is 1.77. The summed E-state index contributed by atoms with van der Waals surface area (Å²) in [6.07, 6.45) is 3.34. The molecule has 1 fully saturated rings. The molecule has 25 heavy (non-hydrogen) atoms. The summed E-state index contributed by atoms with van der Waals surface area (Å²) < 4.78 is 5.25. The Bertz CT molecular complexity index is 716. The van der Waals surface area contributed by atoms with Crippen LogP contribution in [0.15, 0.2) is 30.5 Å². The fourth-order valence-corrected chi connectivity index (χ4v) is 2.79. The molecule has 1 aliphatic rings. The van der Waals surface area contributed by atoms with Crippen molar-refractivity contribution in [1.82, 2.24) is 20.1 Å². The van der Waals surface area contributed by atoms with Gasteiger partial charge in [0, 0.05) is 31.0 Å². The van der Waals surface area contributed by atoms with Crippen molar-refractivity contribution in [2.45, 2.75) is 25.8 Å². The first-order valence-electron chi connectivity index (χ1n) is 8.27. The number of aryl methyl sites for hydroxylation is 1. The predicted molar refractivity (Wildman–Crippen MR) is 94.8 cm³/mol. The monoisotopic (exact) mass is 342 g/mol. The molecular formula is C17H22N6O2. The number of hydrogen-bond acceptors (Lipinski definition) is 6. The Labute approximate surface area is 146 Å². The van der Waals surface area contributed by atoms with Gasteiger partial charge in [0.05, 0.1) is 7.11 Å². The number of carbonyl (C=O) groups excluding carboxylic acids is 1. The minimum absolute atomic E-state index is 0.158. The maximum Gasteiger partial charge on any atom is 0.323 e. The van der Waals surface area contributed by atoms with E-state index in [4.69, 9.17) is 4.74 Å². The van der Waals surface area contributed by atoms with E-state index in [1.807, 2.05) is 25.1 Å². The predicted octanol–water partition coefficient (Wildman–Crippen LogP) is 2.30. The molecule has 3 heterocycles. The number of anilines is 2. The van der Waals surface area contributed by atoms with Crippen molar-refractivity contribution in [3.05, 3.63) is 36.2 Å². The molecule has 0 atom stereocenters. The van der Waals surface area contributed by atoms with Crippen LogP contribution in [0.1, 0.15) is 18.5 Å². The zero-order chi connectivity index (χ0) is 17.6. The van der Waals surface area contributed by atoms with Crippen LogP contribution in [-0.4, -0.2) is 52.4 Å². The molecule has 0 bridgehead atoms. The first-order chi connectivity index (χ1) is 12.2. The molecule has 3 rings (SSSR count). The van der Waals surface area contributed by atoms with E-state index in [1.54, 1.807) is 24.3 Å². The second kappa shape index (κ2) is 7.78. The number of piperidine rings is 1. The fourth-order valence-electron chi connectivity index (χ4n) is 2.79. The van der Waals surface area contributed by atoms with Gasteiger partial charge < -0.3 is 15.0 Å². The normalized spacial score (nSPS) is 14.9. The van der Waals surface area contributed by atoms with Crippen LogP contribution in [0.5, 0.6) is 5.75 Å². The van der Waals surface area contributed by atoms with Gasteiger partial charge in [0.15, 0.2) is 11.6 Å². The Morgan fingerprint density at radius 1 is 1.28 bits per heavy atom. The highest BCUT2D eigenvalue weighted by atomic mass is 16.5. The lowest BCUT2D eigenvalue weighted by molar-refractivity contribution is 0.197. The van der Waals surface area contributed by atoms with Crippen LogP contribution in [0.4, 0.5) is 16.4 Å². The zero-order valence-corrected chi connectivity index (χ0v) is 14.4. The number of methoxy groups -OCH3 is 1. The summed E-state index contributed by atoms with van der Waals surface area (Å²) in [7, 11) is 1.56. The van der Waals surface area contributed by atoms with Crippen LogP contribution >= 0.6 is 0 Å². The number of amides is 2. The molecule has 0 radical (unpaired) electrons. The van der Waals surface area contributed by atoms with Crippen molar-refractivity contribution in [3.8, 4) is 5.75 Å². The average molecular weight is 342 g/mol. The molecule has 0 unspecified atom stereocenters. The van der Waals surface area contributed by atoms with Crippen molar-refractivity contribution in [2.24, 2.45) is 0 Å². The lowest BCUT2D eigenvalue weighted by atomic mass is 10.1. The van der Waals surface area contributed by atoms with E-state index in [0.717, 1.165) is 24.4 Å². The summed E-state index contributed by atoms with van der Waals surface area (Å²) in [6.45, 7) is 3.20. The number of nitrogens with zero attached hydrogens (tertiary/aromatic N) is 4. The topological polar surface area (TPSA) is 92.3 Å². The molecule has 2 amide bonds. The number of hydrogen-bond donors (Lipinski definition) is 2. The summed E-state index contributed by atoms with van der Waals surface area (Å²) in [5.41, 5.74) is 0.822. The fraction of sp³-hybridized carbons (Fsp3) is 0.412. The molecule has 2 aromatic rings. The minimum atomic E-state index is -0.158. The number of urea groups is 1. The van der Waals surface area contributed by atoms with Gasteiger partial charge >= 0.3 is 6.03 Å². The molecular weight excluding hydrogens is 320 g/mol. The van der Waals surface area contributed by atoms with Gasteiger partial charge in [0.2, 0.25) is 0 Å². The minimum Gasteiger partial charge on any atom is -0.493 e. The van der Waals surface area contributed by atoms with Gasteiger partial charge in [0.1, 0.15) is 5.82 Å². The van der Waals surface area contributed by atoms with Crippen LogP contribution in [0, 0.1) is 6.92 Å². The Morgan fingerprint density at radius 2 is 2.08 bits per heavy atom. The van der Waals surface area contributed by atoms with Crippen LogP contribution in [0.2, 0.25) is 0 Å². The van der Waals surface area contributed by atoms with Gasteiger partial charge in [-0.05, 0) is 44.0 Å². The number of rotatable bonds is 4. The van der Waals surface area contributed by atoms with Crippen LogP contribution in [0.3, 0.4) is 0 Å². The molecule has 2 aromatic heterocycles. The van der Waals surface area contributed by atoms with Gasteiger partial charge in [0.25, 0.3) is 0 Å². The highest BCUT2D eigenvalue weighted by Gasteiger charge is 2.24. The van der Waals surface area contributed by atoms with E-state index in [9.17, 15) is 4.79 Å². The maximum absolute atomic E-state index is 12.5. The van der Waals surface area contributed by atoms with Crippen molar-refractivity contribution in [2.75, 3.05) is 30.8 Å². The lowest BCUT2D eigenvalue weighted by Crippen LogP contribution is -2.44. The number of nitrogens with one attached hydrogen (secondary N) is 2. The molecule has 0 aromatic carbocycles. The SMILES string of the molecule is COc1ccc(C)nc1NC(=O)N1CCC(Nc2cccnn2)CC1. The number of ether oxygens (including phenoxy) is 1. The quantitative estimate of drug-likeness (QED) is 0.886. The van der Waals surface area contributed by atoms with Gasteiger partial charge in [-0.15, -0.1) is 5.10 Å². The van der Waals surface area contributed by atoms with Crippen LogP contribution < -0.4 is 15.4 Å². The van der Waals surface area contributed by atoms with E-state index < -0.39 is 0 Å². The molecule has 8 nitrogen and oxygen atoms in total. The first kappa shape index (κ1) is 16.9. The van der Waals surface area contributed by atoms with E-state index in [0.29, 0.717) is 24.7 Å². The van der Waals surface area contributed by atoms with Crippen molar-refractivity contribution < 1.29 is 9.53 Å². The van der Waals surface area contributed by atoms with E-state index in [2.05, 4.69) is 25.8 Å². The summed E-state index contributed by atoms with van der Waals surface area (Å²) >= 11 is 0. The van der Waals surface area contributed by atoms with E-state index in [1.165, 1.54) is 0 Å². The van der Waals surface area contributed by atoms with Crippen molar-refractivity contribution >= 4 is 17.7 Å². The number of carbonyl (C=O) groups is 1. The van der Waals surface area contributed by atoms with E-state index >= 15 is 0 Å². The third-order valence-corrected chi connectivity index (χ3v) is 4.15. The lowest BCUT2D eigenvalue weighted by Gasteiger charge is -2.32. The highest BCUT2D eigenvalue weighted by Crippen LogP contribution is 2.23. The van der Waals surface area contributed by atoms with Crippen molar-refractivity contribution in [1.29, 1.82) is 0 Å². The summed E-state index contributed by atoms with van der Waals surface area (Å²) in [6, 6.07) is 7.51. The number of pyridine rings is 1. The molecule has 0 saturated carbocycles. The Balaban J connectivity index is 1.54. The second-order valence-corrected chi connectivity index (χ2v) is 5.95. The van der Waals surface area contributed by atoms with Gasteiger partial charge in [-0.3, -0.25) is 5.32 Å². The number of aromatic nitrogens is 3. The first-order valence-corrected chi connectivity index (χ1v) is 8.27. The zero-order valence-electron chi connectivity index (χ0n) is 14.4. The van der Waals surface area contributed by atoms with Crippen LogP contribution in [0.25, 0.3) is 0 Å². The number of likely N-dealkylation sites (tertiary alicyclic amines) is 1. The molecule has 2 N–H and O–H groups in total. The average Bonchev–Trinajstić information content (AvgIpc) is 2.63. The Hall–Kier alpha value is -2.90. The molecule has 0 spiro atoms. The smallest absolute Gasteiger partial charge is 0.323 e. The third-order valence-electron chi connectivity index (χ3n) is 4.15. The third kappa shape index (κ3) is 4.34. The maximum atomic E-state index is 12.5. The van der Waals surface area contributed by atoms with E-state index in [-0.39, 0.29) is 12.1 Å². The van der Waals surface area contributed by atoms with Gasteiger partial charge in [-0.2, -0.15) is 5.10 Å². The largest absolute Gasteiger partial charge is 0.493 e. The second-order valence-electron chi connectivity index (χ2n) is 5.95. The Morgan fingerprint density at radius 3 is 2.76 bits per heavy atom. The molecule has 0 aliphatic carbocycles. The summed E-state index contributed by atoms with van der Waals surface area (Å²) in [5, 5.41) is 14.1.